The summed E-state index contributed by atoms with van der Waals surface area (Å²) in [6.45, 7) is 6.43. The second-order valence-electron chi connectivity index (χ2n) is 8.28. The first-order chi connectivity index (χ1) is 17.0. The highest BCUT2D eigenvalue weighted by Crippen LogP contribution is 2.37. The lowest BCUT2D eigenvalue weighted by atomic mass is 10.1. The lowest BCUT2D eigenvalue weighted by Crippen LogP contribution is -2.19. The first kappa shape index (κ1) is 27.7. The van der Waals surface area contributed by atoms with E-state index in [1.807, 2.05) is 37.5 Å². The molecule has 1 aromatic heterocycles. The Morgan fingerprint density at radius 2 is 1.83 bits per heavy atom. The minimum Gasteiger partial charge on any atom is -0.493 e. The summed E-state index contributed by atoms with van der Waals surface area (Å²) in [5.74, 6) is 1.11. The van der Waals surface area contributed by atoms with E-state index in [1.165, 1.54) is 6.07 Å². The van der Waals surface area contributed by atoms with Crippen LogP contribution in [-0.2, 0) is 17.5 Å². The van der Waals surface area contributed by atoms with Crippen LogP contribution >= 0.6 is 23.4 Å². The lowest BCUT2D eigenvalue weighted by Gasteiger charge is -2.19. The molecule has 0 aliphatic rings. The van der Waals surface area contributed by atoms with Crippen molar-refractivity contribution in [2.75, 3.05) is 18.2 Å². The zero-order valence-electron chi connectivity index (χ0n) is 20.1. The van der Waals surface area contributed by atoms with E-state index >= 15 is 0 Å². The molecule has 36 heavy (non-hydrogen) atoms. The Balaban J connectivity index is 1.75. The number of thioether (sulfide) groups is 1. The highest BCUT2D eigenvalue weighted by atomic mass is 35.5. The molecule has 7 nitrogen and oxygen atoms in total. The number of carbonyl (C=O) groups is 1. The number of alkyl halides is 3. The SMILES string of the molecule is COc1ccccc1OC(C)c1nnc(SCC(=O)Nc2ccc(Cl)cc2C(F)(F)F)n1CC(C)C. The minimum atomic E-state index is -4.66. The molecule has 0 bridgehead atoms. The molecular formula is C24H26ClF3N4O3S. The quantitative estimate of drug-likeness (QED) is 0.295. The van der Waals surface area contributed by atoms with Crippen LogP contribution in [0.5, 0.6) is 11.5 Å². The van der Waals surface area contributed by atoms with Crippen molar-refractivity contribution in [1.82, 2.24) is 14.8 Å². The van der Waals surface area contributed by atoms with Gasteiger partial charge in [0, 0.05) is 11.6 Å². The van der Waals surface area contributed by atoms with Crippen LogP contribution in [0.3, 0.4) is 0 Å². The topological polar surface area (TPSA) is 78.3 Å². The second-order valence-corrected chi connectivity index (χ2v) is 9.66. The molecule has 0 saturated heterocycles. The van der Waals surface area contributed by atoms with E-state index in [4.69, 9.17) is 21.1 Å². The van der Waals surface area contributed by atoms with Crippen LogP contribution in [0, 0.1) is 5.92 Å². The lowest BCUT2D eigenvalue weighted by molar-refractivity contribution is -0.137. The zero-order valence-corrected chi connectivity index (χ0v) is 21.7. The van der Waals surface area contributed by atoms with Gasteiger partial charge in [-0.25, -0.2) is 0 Å². The fourth-order valence-electron chi connectivity index (χ4n) is 3.38. The number of methoxy groups -OCH3 is 1. The molecule has 194 valence electrons. The van der Waals surface area contributed by atoms with Crippen LogP contribution in [0.1, 0.15) is 38.3 Å². The second kappa shape index (κ2) is 11.9. The molecule has 1 unspecified atom stereocenters. The van der Waals surface area contributed by atoms with Gasteiger partial charge in [0.05, 0.1) is 24.1 Å². The average molecular weight is 543 g/mol. The summed E-state index contributed by atoms with van der Waals surface area (Å²) < 4.78 is 53.2. The normalized spacial score (nSPS) is 12.5. The molecule has 0 fully saturated rings. The number of anilines is 1. The molecule has 3 rings (SSSR count). The van der Waals surface area contributed by atoms with E-state index in [1.54, 1.807) is 19.2 Å². The molecule has 1 heterocycles. The number of nitrogens with one attached hydrogen (secondary N) is 1. The number of rotatable bonds is 10. The fraction of sp³-hybridized carbons (Fsp3) is 0.375. The molecule has 0 saturated carbocycles. The van der Waals surface area contributed by atoms with Gasteiger partial charge in [-0.1, -0.05) is 49.3 Å². The number of hydrogen-bond acceptors (Lipinski definition) is 6. The van der Waals surface area contributed by atoms with Crippen LogP contribution < -0.4 is 14.8 Å². The van der Waals surface area contributed by atoms with Crippen molar-refractivity contribution < 1.29 is 27.4 Å². The van der Waals surface area contributed by atoms with E-state index in [9.17, 15) is 18.0 Å². The van der Waals surface area contributed by atoms with E-state index in [-0.39, 0.29) is 22.4 Å². The van der Waals surface area contributed by atoms with Gasteiger partial charge < -0.3 is 19.4 Å². The van der Waals surface area contributed by atoms with Gasteiger partial charge in [-0.15, -0.1) is 10.2 Å². The van der Waals surface area contributed by atoms with Gasteiger partial charge in [-0.2, -0.15) is 13.2 Å². The summed E-state index contributed by atoms with van der Waals surface area (Å²) in [4.78, 5) is 12.5. The highest BCUT2D eigenvalue weighted by Gasteiger charge is 2.34. The first-order valence-electron chi connectivity index (χ1n) is 11.0. The number of nitrogens with zero attached hydrogens (tertiary/aromatic N) is 3. The number of amides is 1. The smallest absolute Gasteiger partial charge is 0.418 e. The summed E-state index contributed by atoms with van der Waals surface area (Å²) in [5, 5.41) is 11.2. The predicted octanol–water partition coefficient (Wildman–Crippen LogP) is 6.49. The zero-order chi connectivity index (χ0) is 26.5. The summed E-state index contributed by atoms with van der Waals surface area (Å²) >= 11 is 6.78. The molecule has 3 aromatic rings. The molecule has 1 N–H and O–H groups in total. The Hall–Kier alpha value is -2.92. The van der Waals surface area contributed by atoms with Crippen molar-refractivity contribution in [1.29, 1.82) is 0 Å². The van der Waals surface area contributed by atoms with Crippen molar-refractivity contribution in [2.45, 2.75) is 44.8 Å². The van der Waals surface area contributed by atoms with E-state index < -0.39 is 23.8 Å². The minimum absolute atomic E-state index is 0.0755. The number of carbonyl (C=O) groups excluding carboxylic acids is 1. The Morgan fingerprint density at radius 3 is 2.47 bits per heavy atom. The fourth-order valence-corrected chi connectivity index (χ4v) is 4.31. The van der Waals surface area contributed by atoms with Crippen molar-refractivity contribution in [3.8, 4) is 11.5 Å². The standard InChI is InChI=1S/C24H26ClF3N4O3S/c1-14(2)12-32-22(15(3)35-20-8-6-5-7-19(20)34-4)30-31-23(32)36-13-21(33)29-18-10-9-16(25)11-17(18)24(26,27)28/h5-11,14-15H,12-13H2,1-4H3,(H,29,33). The summed E-state index contributed by atoms with van der Waals surface area (Å²) in [5.41, 5.74) is -1.37. The van der Waals surface area contributed by atoms with E-state index in [0.717, 1.165) is 23.9 Å². The summed E-state index contributed by atoms with van der Waals surface area (Å²) in [6.07, 6.45) is -5.15. The van der Waals surface area contributed by atoms with Crippen LogP contribution in [0.4, 0.5) is 18.9 Å². The van der Waals surface area contributed by atoms with Gasteiger partial charge in [-0.05, 0) is 43.2 Å². The average Bonchev–Trinajstić information content (AvgIpc) is 3.20. The van der Waals surface area contributed by atoms with Crippen molar-refractivity contribution >= 4 is 35.0 Å². The molecule has 1 atom stereocenters. The number of ether oxygens (including phenoxy) is 2. The maximum absolute atomic E-state index is 13.3. The van der Waals surface area contributed by atoms with Gasteiger partial charge in [0.2, 0.25) is 5.91 Å². The summed E-state index contributed by atoms with van der Waals surface area (Å²) in [7, 11) is 1.55. The molecular weight excluding hydrogens is 517 g/mol. The predicted molar refractivity (Wildman–Crippen MR) is 133 cm³/mol. The molecule has 0 radical (unpaired) electrons. The molecule has 0 aliphatic heterocycles. The third-order valence-corrected chi connectivity index (χ3v) is 6.12. The first-order valence-corrected chi connectivity index (χ1v) is 12.4. The summed E-state index contributed by atoms with van der Waals surface area (Å²) in [6, 6.07) is 10.4. The Kier molecular flexibility index (Phi) is 9.13. The van der Waals surface area contributed by atoms with Gasteiger partial charge in [-0.3, -0.25) is 4.79 Å². The molecule has 2 aromatic carbocycles. The Morgan fingerprint density at radius 1 is 1.14 bits per heavy atom. The van der Waals surface area contributed by atoms with Gasteiger partial charge >= 0.3 is 6.18 Å². The van der Waals surface area contributed by atoms with E-state index in [0.29, 0.717) is 29.0 Å². The molecule has 0 aliphatic carbocycles. The molecule has 0 spiro atoms. The van der Waals surface area contributed by atoms with Gasteiger partial charge in [0.1, 0.15) is 0 Å². The molecule has 12 heteroatoms. The van der Waals surface area contributed by atoms with Crippen LogP contribution in [0.2, 0.25) is 5.02 Å². The maximum atomic E-state index is 13.3. The monoisotopic (exact) mass is 542 g/mol. The van der Waals surface area contributed by atoms with Crippen molar-refractivity contribution in [3.05, 3.63) is 58.9 Å². The Bertz CT molecular complexity index is 1200. The van der Waals surface area contributed by atoms with Gasteiger partial charge in [0.25, 0.3) is 0 Å². The van der Waals surface area contributed by atoms with E-state index in [2.05, 4.69) is 15.5 Å². The maximum Gasteiger partial charge on any atom is 0.418 e. The van der Waals surface area contributed by atoms with Crippen LogP contribution in [0.25, 0.3) is 0 Å². The van der Waals surface area contributed by atoms with Gasteiger partial charge in [0.15, 0.2) is 28.6 Å². The largest absolute Gasteiger partial charge is 0.493 e. The van der Waals surface area contributed by atoms with Crippen LogP contribution in [0.15, 0.2) is 47.6 Å². The van der Waals surface area contributed by atoms with Crippen molar-refractivity contribution in [2.24, 2.45) is 5.92 Å². The van der Waals surface area contributed by atoms with Crippen LogP contribution in [-0.4, -0.2) is 33.5 Å². The number of aromatic nitrogens is 3. The number of benzene rings is 2. The third kappa shape index (κ3) is 7.07. The third-order valence-electron chi connectivity index (χ3n) is 4.92. The molecule has 1 amide bonds. The van der Waals surface area contributed by atoms with Crippen molar-refractivity contribution in [3.63, 3.8) is 0 Å². The number of hydrogen-bond donors (Lipinski definition) is 1. The number of para-hydroxylation sites is 2. The number of halogens is 4. The Labute approximate surface area is 216 Å². The highest BCUT2D eigenvalue weighted by molar-refractivity contribution is 7.99.